The Balaban J connectivity index is 2.22. The zero-order chi connectivity index (χ0) is 23.7. The minimum absolute atomic E-state index is 0.0509. The van der Waals surface area contributed by atoms with Crippen molar-refractivity contribution in [2.24, 2.45) is 5.73 Å². The Morgan fingerprint density at radius 2 is 1.78 bits per heavy atom. The zero-order valence-electron chi connectivity index (χ0n) is 18.5. The number of Topliss-reactive ketones (excluding diaryl/α,β-unsaturated/α-hetero) is 1. The van der Waals surface area contributed by atoms with E-state index in [-0.39, 0.29) is 19.4 Å². The molecule has 0 bridgehead atoms. The van der Waals surface area contributed by atoms with Crippen LogP contribution in [0, 0.1) is 0 Å². The number of aryl methyl sites for hydroxylation is 1. The lowest BCUT2D eigenvalue weighted by Gasteiger charge is -2.35. The number of rotatable bonds is 13. The van der Waals surface area contributed by atoms with E-state index in [1.165, 1.54) is 6.92 Å². The molecule has 0 unspecified atom stereocenters. The predicted octanol–water partition coefficient (Wildman–Crippen LogP) is 1.19. The summed E-state index contributed by atoms with van der Waals surface area (Å²) >= 11 is 0. The lowest BCUT2D eigenvalue weighted by molar-refractivity contribution is -0.162. The fourth-order valence-corrected chi connectivity index (χ4v) is 4.29. The van der Waals surface area contributed by atoms with Gasteiger partial charge in [0.05, 0.1) is 6.04 Å². The number of amides is 1. The molecule has 0 radical (unpaired) electrons. The molecule has 0 aromatic heterocycles. The van der Waals surface area contributed by atoms with Gasteiger partial charge in [-0.15, -0.1) is 0 Å². The largest absolute Gasteiger partial charge is 0.480 e. The van der Waals surface area contributed by atoms with Crippen molar-refractivity contribution in [1.82, 2.24) is 10.2 Å². The molecule has 1 aliphatic rings. The Hall–Kier alpha value is -2.78. The van der Waals surface area contributed by atoms with E-state index in [1.807, 2.05) is 30.3 Å². The van der Waals surface area contributed by atoms with Gasteiger partial charge >= 0.3 is 11.9 Å². The molecule has 1 aromatic rings. The van der Waals surface area contributed by atoms with Gasteiger partial charge in [-0.25, -0.2) is 4.79 Å². The normalized spacial score (nSPS) is 20.0. The van der Waals surface area contributed by atoms with Crippen LogP contribution in [-0.2, 0) is 25.6 Å². The molecule has 1 heterocycles. The van der Waals surface area contributed by atoms with E-state index in [1.54, 1.807) is 0 Å². The molecule has 5 N–H and O–H groups in total. The van der Waals surface area contributed by atoms with E-state index in [0.29, 0.717) is 38.6 Å². The molecule has 32 heavy (non-hydrogen) atoms. The van der Waals surface area contributed by atoms with E-state index in [4.69, 9.17) is 5.73 Å². The van der Waals surface area contributed by atoms with E-state index >= 15 is 0 Å². The number of carboxylic acids is 2. The van der Waals surface area contributed by atoms with Crippen molar-refractivity contribution in [3.63, 3.8) is 0 Å². The van der Waals surface area contributed by atoms with E-state index in [2.05, 4.69) is 5.32 Å². The number of nitrogens with two attached hydrogens (primary N) is 1. The molecule has 2 rings (SSSR count). The second kappa shape index (κ2) is 11.7. The average molecular weight is 448 g/mol. The first-order chi connectivity index (χ1) is 15.2. The van der Waals surface area contributed by atoms with Crippen molar-refractivity contribution >= 4 is 23.6 Å². The second-order valence-electron chi connectivity index (χ2n) is 8.23. The maximum atomic E-state index is 13.4. The van der Waals surface area contributed by atoms with Gasteiger partial charge in [0.15, 0.2) is 11.3 Å². The molecular formula is C23H33N3O6. The molecule has 1 saturated heterocycles. The van der Waals surface area contributed by atoms with Crippen molar-refractivity contribution < 1.29 is 29.4 Å². The van der Waals surface area contributed by atoms with Gasteiger partial charge < -0.3 is 20.8 Å². The standard InChI is InChI=1S/C23H33N3O6/c1-16(27)23(22(31)32)13-7-15-26(23)20(28)18(10-5-6-14-24)25-19(21(29)30)12-11-17-8-3-2-4-9-17/h2-4,8-9,18-19,25H,5-7,10-15,24H2,1H3,(H,29,30)(H,31,32)/t18-,19-,23-/m0/s1. The summed E-state index contributed by atoms with van der Waals surface area (Å²) < 4.78 is 0. The number of carbonyl (C=O) groups excluding carboxylic acids is 2. The first-order valence-electron chi connectivity index (χ1n) is 11.0. The topological polar surface area (TPSA) is 150 Å². The summed E-state index contributed by atoms with van der Waals surface area (Å²) in [4.78, 5) is 50.8. The SMILES string of the molecule is CC(=O)[C@]1(C(=O)O)CCCN1C(=O)[C@H](CCCCN)N[C@@H](CCc1ccccc1)C(=O)O. The zero-order valence-corrected chi connectivity index (χ0v) is 18.5. The monoisotopic (exact) mass is 447 g/mol. The predicted molar refractivity (Wildman–Crippen MR) is 118 cm³/mol. The number of ketones is 1. The maximum absolute atomic E-state index is 13.4. The quantitative estimate of drug-likeness (QED) is 0.260. The Labute approximate surface area is 188 Å². The first-order valence-corrected chi connectivity index (χ1v) is 11.0. The van der Waals surface area contributed by atoms with Crippen LogP contribution in [0.3, 0.4) is 0 Å². The number of aliphatic carboxylic acids is 2. The van der Waals surface area contributed by atoms with E-state index < -0.39 is 41.3 Å². The Morgan fingerprint density at radius 3 is 2.34 bits per heavy atom. The van der Waals surface area contributed by atoms with Crippen LogP contribution in [0.5, 0.6) is 0 Å². The smallest absolute Gasteiger partial charge is 0.337 e. The number of carboxylic acid groups (broad SMARTS) is 2. The third kappa shape index (κ3) is 5.92. The van der Waals surface area contributed by atoms with Crippen LogP contribution >= 0.6 is 0 Å². The molecule has 9 nitrogen and oxygen atoms in total. The highest BCUT2D eigenvalue weighted by molar-refractivity contribution is 6.10. The van der Waals surface area contributed by atoms with Crippen LogP contribution in [0.25, 0.3) is 0 Å². The van der Waals surface area contributed by atoms with Crippen LogP contribution in [0.4, 0.5) is 0 Å². The maximum Gasteiger partial charge on any atom is 0.337 e. The third-order valence-corrected chi connectivity index (χ3v) is 6.09. The molecule has 0 aliphatic carbocycles. The van der Waals surface area contributed by atoms with Gasteiger partial charge in [-0.2, -0.15) is 0 Å². The highest BCUT2D eigenvalue weighted by atomic mass is 16.4. The number of nitrogens with zero attached hydrogens (tertiary/aromatic N) is 1. The lowest BCUT2D eigenvalue weighted by Crippen LogP contribution is -2.62. The summed E-state index contributed by atoms with van der Waals surface area (Å²) in [5, 5.41) is 22.5. The summed E-state index contributed by atoms with van der Waals surface area (Å²) in [7, 11) is 0. The van der Waals surface area contributed by atoms with Crippen molar-refractivity contribution in [1.29, 1.82) is 0 Å². The number of unbranched alkanes of at least 4 members (excludes halogenated alkanes) is 1. The molecule has 3 atom stereocenters. The summed E-state index contributed by atoms with van der Waals surface area (Å²) in [6, 6.07) is 7.51. The van der Waals surface area contributed by atoms with Gasteiger partial charge in [0.1, 0.15) is 6.04 Å². The van der Waals surface area contributed by atoms with Crippen molar-refractivity contribution in [3.8, 4) is 0 Å². The number of carbonyl (C=O) groups is 4. The average Bonchev–Trinajstić information content (AvgIpc) is 3.22. The highest BCUT2D eigenvalue weighted by Gasteiger charge is 2.54. The molecule has 176 valence electrons. The Kier molecular flexibility index (Phi) is 9.34. The van der Waals surface area contributed by atoms with Crippen LogP contribution in [0.1, 0.15) is 51.0 Å². The summed E-state index contributed by atoms with van der Waals surface area (Å²) in [5.41, 5.74) is 4.65. The molecule has 9 heteroatoms. The number of hydrogen-bond acceptors (Lipinski definition) is 6. The first kappa shape index (κ1) is 25.5. The number of nitrogens with one attached hydrogen (secondary N) is 1. The highest BCUT2D eigenvalue weighted by Crippen LogP contribution is 2.32. The minimum Gasteiger partial charge on any atom is -0.480 e. The van der Waals surface area contributed by atoms with E-state index in [0.717, 1.165) is 10.5 Å². The van der Waals surface area contributed by atoms with Gasteiger partial charge in [-0.05, 0) is 57.6 Å². The molecule has 1 aliphatic heterocycles. The molecule has 0 spiro atoms. The van der Waals surface area contributed by atoms with Gasteiger partial charge in [-0.1, -0.05) is 36.8 Å². The van der Waals surface area contributed by atoms with Crippen molar-refractivity contribution in [2.45, 2.75) is 69.5 Å². The van der Waals surface area contributed by atoms with Crippen molar-refractivity contribution in [3.05, 3.63) is 35.9 Å². The third-order valence-electron chi connectivity index (χ3n) is 6.09. The summed E-state index contributed by atoms with van der Waals surface area (Å²) in [6.07, 6.45) is 2.72. The van der Waals surface area contributed by atoms with E-state index in [9.17, 15) is 29.4 Å². The fraction of sp³-hybridized carbons (Fsp3) is 0.565. The second-order valence-corrected chi connectivity index (χ2v) is 8.23. The molecule has 1 aromatic carbocycles. The molecular weight excluding hydrogens is 414 g/mol. The van der Waals surface area contributed by atoms with Crippen LogP contribution in [-0.4, -0.2) is 69.5 Å². The van der Waals surface area contributed by atoms with Gasteiger partial charge in [0.25, 0.3) is 0 Å². The van der Waals surface area contributed by atoms with Crippen molar-refractivity contribution in [2.75, 3.05) is 13.1 Å². The molecule has 1 amide bonds. The number of hydrogen-bond donors (Lipinski definition) is 4. The lowest BCUT2D eigenvalue weighted by atomic mass is 9.90. The van der Waals surface area contributed by atoms with Gasteiger partial charge in [0, 0.05) is 6.54 Å². The van der Waals surface area contributed by atoms with Crippen LogP contribution < -0.4 is 11.1 Å². The molecule has 0 saturated carbocycles. The number of benzene rings is 1. The summed E-state index contributed by atoms with van der Waals surface area (Å²) in [5.74, 6) is -3.59. The van der Waals surface area contributed by atoms with Gasteiger partial charge in [-0.3, -0.25) is 19.7 Å². The molecule has 1 fully saturated rings. The minimum atomic E-state index is -1.90. The number of likely N-dealkylation sites (tertiary alicyclic amines) is 1. The van der Waals surface area contributed by atoms with Crippen LogP contribution in [0.15, 0.2) is 30.3 Å². The fourth-order valence-electron chi connectivity index (χ4n) is 4.29. The summed E-state index contributed by atoms with van der Waals surface area (Å²) in [6.45, 7) is 1.74. The van der Waals surface area contributed by atoms with Crippen LogP contribution in [0.2, 0.25) is 0 Å². The Morgan fingerprint density at radius 1 is 1.09 bits per heavy atom. The van der Waals surface area contributed by atoms with Gasteiger partial charge in [0.2, 0.25) is 5.91 Å². The Bertz CT molecular complexity index is 799.